The van der Waals surface area contributed by atoms with Gasteiger partial charge in [-0.15, -0.1) is 0 Å². The molecule has 1 aromatic rings. The Labute approximate surface area is 83.7 Å². The minimum atomic E-state index is -0.594. The van der Waals surface area contributed by atoms with E-state index in [2.05, 4.69) is 5.10 Å². The summed E-state index contributed by atoms with van der Waals surface area (Å²) in [5.74, 6) is 5.93. The minimum absolute atomic E-state index is 0.594. The highest BCUT2D eigenvalue weighted by atomic mass is 16.6. The SMILES string of the molecule is COc1c(C(C)(C)ON)c(C)nn1C. The molecular formula is C9H17N3O2. The standard InChI is InChI=1S/C9H17N3O2/c1-6-7(9(2,3)14-10)8(13-5)12(4)11-6/h10H2,1-5H3. The topological polar surface area (TPSA) is 62.3 Å². The van der Waals surface area contributed by atoms with Crippen LogP contribution in [-0.2, 0) is 17.5 Å². The van der Waals surface area contributed by atoms with Gasteiger partial charge in [0.05, 0.1) is 18.4 Å². The molecule has 1 aromatic heterocycles. The van der Waals surface area contributed by atoms with Gasteiger partial charge in [-0.25, -0.2) is 10.6 Å². The molecule has 0 aliphatic rings. The van der Waals surface area contributed by atoms with Gasteiger partial charge in [-0.2, -0.15) is 5.10 Å². The van der Waals surface area contributed by atoms with Crippen LogP contribution in [0.4, 0.5) is 0 Å². The molecule has 2 N–H and O–H groups in total. The monoisotopic (exact) mass is 199 g/mol. The number of rotatable bonds is 3. The van der Waals surface area contributed by atoms with Crippen molar-refractivity contribution in [3.63, 3.8) is 0 Å². The van der Waals surface area contributed by atoms with E-state index in [4.69, 9.17) is 15.5 Å². The fourth-order valence-electron chi connectivity index (χ4n) is 1.62. The van der Waals surface area contributed by atoms with Crippen molar-refractivity contribution in [2.75, 3.05) is 7.11 Å². The van der Waals surface area contributed by atoms with Gasteiger partial charge >= 0.3 is 0 Å². The molecule has 0 aromatic carbocycles. The van der Waals surface area contributed by atoms with E-state index < -0.39 is 5.60 Å². The van der Waals surface area contributed by atoms with Crippen molar-refractivity contribution in [1.82, 2.24) is 9.78 Å². The first-order chi connectivity index (χ1) is 6.44. The first kappa shape index (κ1) is 11.0. The quantitative estimate of drug-likeness (QED) is 0.733. The van der Waals surface area contributed by atoms with E-state index in [-0.39, 0.29) is 0 Å². The third-order valence-electron chi connectivity index (χ3n) is 2.26. The van der Waals surface area contributed by atoms with Crippen molar-refractivity contribution < 1.29 is 9.57 Å². The Morgan fingerprint density at radius 3 is 2.43 bits per heavy atom. The number of methoxy groups -OCH3 is 1. The summed E-state index contributed by atoms with van der Waals surface area (Å²) in [7, 11) is 3.43. The number of hydrogen-bond donors (Lipinski definition) is 1. The van der Waals surface area contributed by atoms with Gasteiger partial charge in [0, 0.05) is 7.05 Å². The Balaban J connectivity index is 3.32. The van der Waals surface area contributed by atoms with E-state index in [0.717, 1.165) is 11.3 Å². The van der Waals surface area contributed by atoms with Gasteiger partial charge in [0.1, 0.15) is 5.60 Å². The molecule has 0 radical (unpaired) electrons. The van der Waals surface area contributed by atoms with Gasteiger partial charge in [0.15, 0.2) is 0 Å². The molecule has 0 spiro atoms. The predicted octanol–water partition coefficient (Wildman–Crippen LogP) is 0.863. The summed E-state index contributed by atoms with van der Waals surface area (Å²) in [6.07, 6.45) is 0. The van der Waals surface area contributed by atoms with Gasteiger partial charge in [-0.1, -0.05) is 0 Å². The fraction of sp³-hybridized carbons (Fsp3) is 0.667. The van der Waals surface area contributed by atoms with Gasteiger partial charge in [0.2, 0.25) is 5.88 Å². The Hall–Kier alpha value is -1.07. The largest absolute Gasteiger partial charge is 0.481 e. The fourth-order valence-corrected chi connectivity index (χ4v) is 1.62. The summed E-state index contributed by atoms with van der Waals surface area (Å²) in [5, 5.41) is 4.25. The van der Waals surface area contributed by atoms with Crippen LogP contribution in [0.5, 0.6) is 5.88 Å². The number of ether oxygens (including phenoxy) is 1. The van der Waals surface area contributed by atoms with Crippen LogP contribution < -0.4 is 10.6 Å². The average Bonchev–Trinajstić information content (AvgIpc) is 2.40. The van der Waals surface area contributed by atoms with Crippen LogP contribution >= 0.6 is 0 Å². The highest BCUT2D eigenvalue weighted by molar-refractivity contribution is 5.35. The van der Waals surface area contributed by atoms with Crippen molar-refractivity contribution in [3.8, 4) is 5.88 Å². The smallest absolute Gasteiger partial charge is 0.217 e. The van der Waals surface area contributed by atoms with E-state index in [1.807, 2.05) is 27.8 Å². The van der Waals surface area contributed by atoms with Crippen molar-refractivity contribution in [1.29, 1.82) is 0 Å². The number of aryl methyl sites for hydroxylation is 2. The van der Waals surface area contributed by atoms with E-state index in [0.29, 0.717) is 5.88 Å². The Kier molecular flexibility index (Phi) is 2.82. The van der Waals surface area contributed by atoms with E-state index in [1.165, 1.54) is 0 Å². The van der Waals surface area contributed by atoms with Crippen LogP contribution in [-0.4, -0.2) is 16.9 Å². The molecule has 0 unspecified atom stereocenters. The first-order valence-electron chi connectivity index (χ1n) is 4.40. The summed E-state index contributed by atoms with van der Waals surface area (Å²) in [4.78, 5) is 4.93. The number of nitrogens with zero attached hydrogens (tertiary/aromatic N) is 2. The van der Waals surface area contributed by atoms with Crippen molar-refractivity contribution in [2.45, 2.75) is 26.4 Å². The lowest BCUT2D eigenvalue weighted by Gasteiger charge is -2.22. The second-order valence-corrected chi connectivity index (χ2v) is 3.72. The zero-order chi connectivity index (χ0) is 10.9. The van der Waals surface area contributed by atoms with E-state index in [1.54, 1.807) is 11.8 Å². The molecule has 14 heavy (non-hydrogen) atoms. The Morgan fingerprint density at radius 1 is 1.43 bits per heavy atom. The Morgan fingerprint density at radius 2 is 2.00 bits per heavy atom. The zero-order valence-corrected chi connectivity index (χ0v) is 9.29. The maximum absolute atomic E-state index is 5.25. The van der Waals surface area contributed by atoms with Gasteiger partial charge in [-0.3, -0.25) is 4.84 Å². The van der Waals surface area contributed by atoms with Crippen LogP contribution in [0.3, 0.4) is 0 Å². The summed E-state index contributed by atoms with van der Waals surface area (Å²) in [6.45, 7) is 5.65. The molecule has 0 aliphatic carbocycles. The maximum atomic E-state index is 5.25. The van der Waals surface area contributed by atoms with Crippen LogP contribution in [0.2, 0.25) is 0 Å². The van der Waals surface area contributed by atoms with Crippen molar-refractivity contribution >= 4 is 0 Å². The molecule has 0 saturated heterocycles. The van der Waals surface area contributed by atoms with Gasteiger partial charge < -0.3 is 4.74 Å². The molecular weight excluding hydrogens is 182 g/mol. The van der Waals surface area contributed by atoms with E-state index >= 15 is 0 Å². The number of nitrogens with two attached hydrogens (primary N) is 1. The zero-order valence-electron chi connectivity index (χ0n) is 9.29. The highest BCUT2D eigenvalue weighted by Gasteiger charge is 2.30. The molecule has 80 valence electrons. The molecule has 1 heterocycles. The second-order valence-electron chi connectivity index (χ2n) is 3.72. The minimum Gasteiger partial charge on any atom is -0.481 e. The summed E-state index contributed by atoms with van der Waals surface area (Å²) >= 11 is 0. The van der Waals surface area contributed by atoms with Gasteiger partial charge in [0.25, 0.3) is 0 Å². The molecule has 0 amide bonds. The third-order valence-corrected chi connectivity index (χ3v) is 2.26. The predicted molar refractivity (Wildman–Crippen MR) is 52.8 cm³/mol. The molecule has 0 saturated carbocycles. The molecule has 0 fully saturated rings. The highest BCUT2D eigenvalue weighted by Crippen LogP contribution is 2.33. The molecule has 0 bridgehead atoms. The summed E-state index contributed by atoms with van der Waals surface area (Å²) < 4.78 is 6.92. The molecule has 5 nitrogen and oxygen atoms in total. The lowest BCUT2D eigenvalue weighted by Crippen LogP contribution is -2.26. The van der Waals surface area contributed by atoms with E-state index in [9.17, 15) is 0 Å². The van der Waals surface area contributed by atoms with Crippen LogP contribution in [0.1, 0.15) is 25.1 Å². The van der Waals surface area contributed by atoms with Crippen LogP contribution in [0.15, 0.2) is 0 Å². The maximum Gasteiger partial charge on any atom is 0.217 e. The summed E-state index contributed by atoms with van der Waals surface area (Å²) in [5.41, 5.74) is 1.15. The van der Waals surface area contributed by atoms with Gasteiger partial charge in [-0.05, 0) is 20.8 Å². The third kappa shape index (κ3) is 1.60. The van der Waals surface area contributed by atoms with Crippen LogP contribution in [0, 0.1) is 6.92 Å². The average molecular weight is 199 g/mol. The number of aromatic nitrogens is 2. The number of hydrogen-bond acceptors (Lipinski definition) is 4. The van der Waals surface area contributed by atoms with Crippen LogP contribution in [0.25, 0.3) is 0 Å². The second kappa shape index (κ2) is 3.59. The first-order valence-corrected chi connectivity index (χ1v) is 4.40. The lowest BCUT2D eigenvalue weighted by molar-refractivity contribution is -0.0256. The Bertz CT molecular complexity index is 331. The lowest BCUT2D eigenvalue weighted by atomic mass is 9.99. The molecule has 5 heteroatoms. The molecule has 1 rings (SSSR count). The normalized spacial score (nSPS) is 11.9. The molecule has 0 aliphatic heterocycles. The summed E-state index contributed by atoms with van der Waals surface area (Å²) in [6, 6.07) is 0. The molecule has 0 atom stereocenters. The van der Waals surface area contributed by atoms with Crippen molar-refractivity contribution in [3.05, 3.63) is 11.3 Å². The van der Waals surface area contributed by atoms with Crippen molar-refractivity contribution in [2.24, 2.45) is 12.9 Å².